The number of hydrogen-bond donors (Lipinski definition) is 1. The molecule has 0 aliphatic carbocycles. The van der Waals surface area contributed by atoms with E-state index in [1.165, 1.54) is 0 Å². The van der Waals surface area contributed by atoms with E-state index in [1.54, 1.807) is 42.7 Å². The number of aryl methyl sites for hydroxylation is 1. The number of nitrogens with zero attached hydrogens (tertiary/aromatic N) is 2. The van der Waals surface area contributed by atoms with Crippen LogP contribution in [-0.4, -0.2) is 19.1 Å². The second kappa shape index (κ2) is 7.27. The van der Waals surface area contributed by atoms with E-state index in [0.29, 0.717) is 5.71 Å². The third-order valence-corrected chi connectivity index (χ3v) is 4.82. The van der Waals surface area contributed by atoms with Gasteiger partial charge in [0.25, 0.3) is 10.0 Å². The molecule has 0 spiro atoms. The molecule has 0 aliphatic rings. The molecule has 0 saturated heterocycles. The van der Waals surface area contributed by atoms with Gasteiger partial charge in [0.05, 0.1) is 4.90 Å². The zero-order valence-electron chi connectivity index (χ0n) is 13.6. The van der Waals surface area contributed by atoms with Crippen molar-refractivity contribution in [2.24, 2.45) is 5.10 Å². The molecule has 0 fully saturated rings. The minimum absolute atomic E-state index is 0.167. The Morgan fingerprint density at radius 1 is 0.920 bits per heavy atom. The topological polar surface area (TPSA) is 71.4 Å². The van der Waals surface area contributed by atoms with Gasteiger partial charge in [0.2, 0.25) is 0 Å². The van der Waals surface area contributed by atoms with E-state index < -0.39 is 10.0 Å². The van der Waals surface area contributed by atoms with Crippen LogP contribution in [0.1, 0.15) is 16.7 Å². The predicted molar refractivity (Wildman–Crippen MR) is 97.8 cm³/mol. The Balaban J connectivity index is 1.98. The van der Waals surface area contributed by atoms with E-state index in [-0.39, 0.29) is 4.90 Å². The van der Waals surface area contributed by atoms with Crippen LogP contribution in [0.25, 0.3) is 0 Å². The number of benzene rings is 2. The Morgan fingerprint density at radius 3 is 2.24 bits per heavy atom. The van der Waals surface area contributed by atoms with Crippen molar-refractivity contribution in [3.63, 3.8) is 0 Å². The number of aromatic nitrogens is 1. The monoisotopic (exact) mass is 351 g/mol. The number of rotatable bonds is 5. The van der Waals surface area contributed by atoms with Gasteiger partial charge in [0, 0.05) is 23.5 Å². The molecule has 0 amide bonds. The lowest BCUT2D eigenvalue weighted by Crippen LogP contribution is -2.21. The van der Waals surface area contributed by atoms with E-state index in [1.807, 2.05) is 43.3 Å². The summed E-state index contributed by atoms with van der Waals surface area (Å²) in [6, 6.07) is 19.6. The zero-order valence-corrected chi connectivity index (χ0v) is 14.4. The van der Waals surface area contributed by atoms with Crippen LogP contribution < -0.4 is 4.83 Å². The largest absolute Gasteiger partial charge is 0.276 e. The van der Waals surface area contributed by atoms with Crippen LogP contribution in [0.2, 0.25) is 0 Å². The lowest BCUT2D eigenvalue weighted by molar-refractivity contribution is 0.584. The van der Waals surface area contributed by atoms with Gasteiger partial charge < -0.3 is 0 Å². The summed E-state index contributed by atoms with van der Waals surface area (Å²) in [4.78, 5) is 6.58. The Kier molecular flexibility index (Phi) is 4.90. The summed E-state index contributed by atoms with van der Waals surface area (Å²) >= 11 is 0. The van der Waals surface area contributed by atoms with Crippen molar-refractivity contribution in [1.82, 2.24) is 9.82 Å². The van der Waals surface area contributed by atoms with Crippen molar-refractivity contribution in [2.45, 2.75) is 11.8 Å². The van der Waals surface area contributed by atoms with Crippen molar-refractivity contribution >= 4 is 15.7 Å². The van der Waals surface area contributed by atoms with Gasteiger partial charge in [0.15, 0.2) is 0 Å². The smallest absolute Gasteiger partial charge is 0.264 e. The minimum Gasteiger partial charge on any atom is -0.264 e. The van der Waals surface area contributed by atoms with Crippen LogP contribution in [-0.2, 0) is 10.0 Å². The molecule has 5 nitrogen and oxygen atoms in total. The van der Waals surface area contributed by atoms with E-state index >= 15 is 0 Å². The molecule has 25 heavy (non-hydrogen) atoms. The summed E-state index contributed by atoms with van der Waals surface area (Å²) in [6.07, 6.45) is 3.30. The first-order valence-electron chi connectivity index (χ1n) is 7.68. The van der Waals surface area contributed by atoms with E-state index in [4.69, 9.17) is 0 Å². The molecule has 0 saturated carbocycles. The average molecular weight is 351 g/mol. The number of nitrogens with one attached hydrogen (secondary N) is 1. The minimum atomic E-state index is -3.75. The summed E-state index contributed by atoms with van der Waals surface area (Å²) in [6.45, 7) is 1.90. The maximum Gasteiger partial charge on any atom is 0.276 e. The third kappa shape index (κ3) is 4.10. The molecule has 0 aliphatic heterocycles. The Morgan fingerprint density at radius 2 is 1.60 bits per heavy atom. The quantitative estimate of drug-likeness (QED) is 0.567. The molecule has 126 valence electrons. The average Bonchev–Trinajstić information content (AvgIpc) is 2.64. The first-order chi connectivity index (χ1) is 12.1. The van der Waals surface area contributed by atoms with Crippen LogP contribution in [0, 0.1) is 6.92 Å². The molecular formula is C19H17N3O2S. The highest BCUT2D eigenvalue weighted by Crippen LogP contribution is 2.12. The third-order valence-electron chi connectivity index (χ3n) is 3.59. The Hall–Kier alpha value is -2.99. The van der Waals surface area contributed by atoms with Crippen molar-refractivity contribution in [1.29, 1.82) is 0 Å². The fraction of sp³-hybridized carbons (Fsp3) is 0.0526. The molecule has 0 atom stereocenters. The molecule has 6 heteroatoms. The molecule has 3 rings (SSSR count). The van der Waals surface area contributed by atoms with Crippen molar-refractivity contribution in [3.8, 4) is 0 Å². The predicted octanol–water partition coefficient (Wildman–Crippen LogP) is 3.12. The number of hydrazone groups is 1. The molecule has 1 heterocycles. The second-order valence-electron chi connectivity index (χ2n) is 5.48. The standard InChI is InChI=1S/C19H17N3O2S/c1-15-9-11-18(12-10-15)25(23,24)22-21-19(16-6-3-2-4-7-16)17-8-5-13-20-14-17/h2-14,22H,1H3. The van der Waals surface area contributed by atoms with Crippen LogP contribution in [0.4, 0.5) is 0 Å². The molecule has 3 aromatic rings. The molecule has 2 aromatic carbocycles. The summed E-state index contributed by atoms with van der Waals surface area (Å²) in [7, 11) is -3.75. The number of sulfonamides is 1. The maximum atomic E-state index is 12.5. The van der Waals surface area contributed by atoms with Gasteiger partial charge in [-0.05, 0) is 31.2 Å². The van der Waals surface area contributed by atoms with Gasteiger partial charge in [-0.25, -0.2) is 0 Å². The van der Waals surface area contributed by atoms with Gasteiger partial charge in [-0.15, -0.1) is 0 Å². The molecule has 0 bridgehead atoms. The number of pyridine rings is 1. The van der Waals surface area contributed by atoms with Crippen molar-refractivity contribution < 1.29 is 8.42 Å². The van der Waals surface area contributed by atoms with E-state index in [2.05, 4.69) is 14.9 Å². The molecule has 1 aromatic heterocycles. The summed E-state index contributed by atoms with van der Waals surface area (Å²) in [5.41, 5.74) is 3.01. The van der Waals surface area contributed by atoms with Gasteiger partial charge in [-0.1, -0.05) is 48.0 Å². The summed E-state index contributed by atoms with van der Waals surface area (Å²) in [5.74, 6) is 0. The maximum absolute atomic E-state index is 12.5. The van der Waals surface area contributed by atoms with Gasteiger partial charge in [-0.2, -0.15) is 18.4 Å². The van der Waals surface area contributed by atoms with E-state index in [0.717, 1.165) is 16.7 Å². The van der Waals surface area contributed by atoms with Crippen LogP contribution in [0.5, 0.6) is 0 Å². The lowest BCUT2D eigenvalue weighted by atomic mass is 10.0. The molecule has 1 N–H and O–H groups in total. The SMILES string of the molecule is Cc1ccc(S(=O)(=O)NN=C(c2ccccc2)c2cccnc2)cc1. The molecule has 0 radical (unpaired) electrons. The first kappa shape index (κ1) is 16.9. The van der Waals surface area contributed by atoms with Crippen LogP contribution >= 0.6 is 0 Å². The summed E-state index contributed by atoms with van der Waals surface area (Å²) < 4.78 is 25.0. The van der Waals surface area contributed by atoms with Crippen LogP contribution in [0.15, 0.2) is 89.1 Å². The normalized spacial score (nSPS) is 12.0. The van der Waals surface area contributed by atoms with E-state index in [9.17, 15) is 8.42 Å². The highest BCUT2D eigenvalue weighted by atomic mass is 32.2. The number of hydrogen-bond acceptors (Lipinski definition) is 4. The first-order valence-corrected chi connectivity index (χ1v) is 9.16. The fourth-order valence-corrected chi connectivity index (χ4v) is 3.08. The van der Waals surface area contributed by atoms with Gasteiger partial charge in [-0.3, -0.25) is 4.98 Å². The Bertz CT molecular complexity index is 927. The fourth-order valence-electron chi connectivity index (χ4n) is 2.27. The van der Waals surface area contributed by atoms with Crippen LogP contribution in [0.3, 0.4) is 0 Å². The molecular weight excluding hydrogens is 334 g/mol. The van der Waals surface area contributed by atoms with Gasteiger partial charge >= 0.3 is 0 Å². The highest BCUT2D eigenvalue weighted by Gasteiger charge is 2.14. The molecule has 0 unspecified atom stereocenters. The second-order valence-corrected chi connectivity index (χ2v) is 7.14. The van der Waals surface area contributed by atoms with Crippen molar-refractivity contribution in [2.75, 3.05) is 0 Å². The lowest BCUT2D eigenvalue weighted by Gasteiger charge is -2.09. The highest BCUT2D eigenvalue weighted by molar-refractivity contribution is 7.89. The zero-order chi connectivity index (χ0) is 17.7. The van der Waals surface area contributed by atoms with Crippen molar-refractivity contribution in [3.05, 3.63) is 95.8 Å². The van der Waals surface area contributed by atoms with Gasteiger partial charge in [0.1, 0.15) is 5.71 Å². The summed E-state index contributed by atoms with van der Waals surface area (Å²) in [5, 5.41) is 4.17. The Labute approximate surface area is 147 Å².